The van der Waals surface area contributed by atoms with Crippen LogP contribution in [0.3, 0.4) is 0 Å². The highest BCUT2D eigenvalue weighted by Crippen LogP contribution is 2.36. The van der Waals surface area contributed by atoms with Crippen molar-refractivity contribution in [1.29, 1.82) is 0 Å². The molecule has 1 atom stereocenters. The molecule has 1 aliphatic rings. The molecule has 3 amide bonds. The number of carbonyl (C=O) groups excluding carboxylic acids is 2. The van der Waals surface area contributed by atoms with Gasteiger partial charge in [0.1, 0.15) is 12.1 Å². The van der Waals surface area contributed by atoms with E-state index in [-0.39, 0.29) is 18.3 Å². The first-order chi connectivity index (χ1) is 19.4. The molecule has 1 fully saturated rings. The molecule has 0 aliphatic carbocycles. The summed E-state index contributed by atoms with van der Waals surface area (Å²) >= 11 is 0. The van der Waals surface area contributed by atoms with Crippen LogP contribution in [0.25, 0.3) is 33.6 Å². The Hall–Kier alpha value is -5.25. The first-order valence-corrected chi connectivity index (χ1v) is 12.6. The van der Waals surface area contributed by atoms with Crippen molar-refractivity contribution >= 4 is 22.8 Å². The summed E-state index contributed by atoms with van der Waals surface area (Å²) < 4.78 is 16.8. The van der Waals surface area contributed by atoms with E-state index >= 15 is 0 Å². The van der Waals surface area contributed by atoms with Crippen molar-refractivity contribution in [3.8, 4) is 34.2 Å². The van der Waals surface area contributed by atoms with Crippen LogP contribution in [0.4, 0.5) is 4.79 Å². The summed E-state index contributed by atoms with van der Waals surface area (Å²) in [5.74, 6) is 1.16. The molecular formula is C30H25N5O5. The van der Waals surface area contributed by atoms with Gasteiger partial charge in [-0.1, -0.05) is 48.5 Å². The number of fused-ring (bicyclic) bond motifs is 1. The molecule has 0 saturated carbocycles. The van der Waals surface area contributed by atoms with Gasteiger partial charge in [0.15, 0.2) is 11.5 Å². The van der Waals surface area contributed by atoms with Crippen LogP contribution in [-0.4, -0.2) is 46.2 Å². The molecule has 3 heterocycles. The highest BCUT2D eigenvalue weighted by Gasteiger charge is 2.49. The van der Waals surface area contributed by atoms with E-state index in [1.54, 1.807) is 33.3 Å². The molecule has 10 nitrogen and oxygen atoms in total. The molecule has 0 spiro atoms. The third-order valence-corrected chi connectivity index (χ3v) is 7.01. The zero-order chi connectivity index (χ0) is 27.9. The topological polar surface area (TPSA) is 120 Å². The molecule has 2 aromatic heterocycles. The Balaban J connectivity index is 1.34. The molecule has 200 valence electrons. The van der Waals surface area contributed by atoms with Gasteiger partial charge in [-0.2, -0.15) is 0 Å². The lowest BCUT2D eigenvalue weighted by atomic mass is 9.92. The molecule has 1 unspecified atom stereocenters. The molecular weight excluding hydrogens is 510 g/mol. The number of amides is 3. The largest absolute Gasteiger partial charge is 0.493 e. The number of hydrogen-bond donors (Lipinski definition) is 1. The normalized spacial score (nSPS) is 16.8. The minimum Gasteiger partial charge on any atom is -0.493 e. The number of nitrogens with one attached hydrogen (secondary N) is 1. The van der Waals surface area contributed by atoms with Crippen LogP contribution in [0, 0.1) is 0 Å². The number of aromatic nitrogens is 3. The number of ether oxygens (including phenoxy) is 2. The van der Waals surface area contributed by atoms with Gasteiger partial charge in [-0.15, -0.1) is 10.2 Å². The van der Waals surface area contributed by atoms with E-state index in [0.717, 1.165) is 21.4 Å². The highest BCUT2D eigenvalue weighted by atomic mass is 16.5. The fraction of sp³-hybridized carbons (Fsp3) is 0.167. The molecule has 0 bridgehead atoms. The smallest absolute Gasteiger partial charge is 0.325 e. The standard InChI is InChI=1S/C30H25N5O5/c1-30(19-9-5-4-6-10-19)28(36)35(29(37)32-30)17-26-33-34-27(40-26)21-16-23(31-22-12-8-7-11-20(21)22)18-13-14-24(38-2)25(15-18)39-3/h4-16H,17H2,1-3H3,(H,32,37). The van der Waals surface area contributed by atoms with E-state index in [2.05, 4.69) is 15.5 Å². The van der Waals surface area contributed by atoms with Crippen molar-refractivity contribution in [2.75, 3.05) is 14.2 Å². The molecule has 3 aromatic carbocycles. The van der Waals surface area contributed by atoms with Gasteiger partial charge in [0, 0.05) is 10.9 Å². The van der Waals surface area contributed by atoms with Crippen LogP contribution in [-0.2, 0) is 16.9 Å². The number of benzene rings is 3. The second-order valence-corrected chi connectivity index (χ2v) is 9.46. The Morgan fingerprint density at radius 1 is 0.900 bits per heavy atom. The third kappa shape index (κ3) is 4.19. The minimum atomic E-state index is -1.18. The summed E-state index contributed by atoms with van der Waals surface area (Å²) in [5, 5.41) is 12.0. The van der Waals surface area contributed by atoms with Crippen LogP contribution in [0.2, 0.25) is 0 Å². The Labute approximate surface area is 229 Å². The Morgan fingerprint density at radius 3 is 2.42 bits per heavy atom. The lowest BCUT2D eigenvalue weighted by Gasteiger charge is -2.21. The number of carbonyl (C=O) groups is 2. The zero-order valence-corrected chi connectivity index (χ0v) is 22.0. The first kappa shape index (κ1) is 25.1. The lowest BCUT2D eigenvalue weighted by Crippen LogP contribution is -2.40. The molecule has 5 aromatic rings. The summed E-state index contributed by atoms with van der Waals surface area (Å²) in [7, 11) is 3.16. The highest BCUT2D eigenvalue weighted by molar-refractivity contribution is 6.07. The van der Waals surface area contributed by atoms with Gasteiger partial charge >= 0.3 is 6.03 Å². The fourth-order valence-electron chi connectivity index (χ4n) is 4.87. The van der Waals surface area contributed by atoms with Gasteiger partial charge < -0.3 is 19.2 Å². The van der Waals surface area contributed by atoms with Crippen LogP contribution in [0.5, 0.6) is 11.5 Å². The van der Waals surface area contributed by atoms with Crippen LogP contribution < -0.4 is 14.8 Å². The van der Waals surface area contributed by atoms with Crippen LogP contribution in [0.1, 0.15) is 18.4 Å². The second kappa shape index (κ2) is 9.81. The number of pyridine rings is 1. The van der Waals surface area contributed by atoms with Crippen molar-refractivity contribution in [2.45, 2.75) is 19.0 Å². The summed E-state index contributed by atoms with van der Waals surface area (Å²) in [6, 6.07) is 23.6. The van der Waals surface area contributed by atoms with E-state index in [9.17, 15) is 9.59 Å². The molecule has 1 saturated heterocycles. The van der Waals surface area contributed by atoms with E-state index in [1.807, 2.05) is 66.7 Å². The number of para-hydroxylation sites is 1. The Kier molecular flexibility index (Phi) is 6.14. The van der Waals surface area contributed by atoms with Crippen LogP contribution >= 0.6 is 0 Å². The predicted molar refractivity (Wildman–Crippen MR) is 146 cm³/mol. The molecule has 6 rings (SSSR count). The lowest BCUT2D eigenvalue weighted by molar-refractivity contribution is -0.131. The maximum absolute atomic E-state index is 13.3. The van der Waals surface area contributed by atoms with Gasteiger partial charge in [-0.3, -0.25) is 9.69 Å². The number of imide groups is 1. The summed E-state index contributed by atoms with van der Waals surface area (Å²) in [4.78, 5) is 32.0. The zero-order valence-electron chi connectivity index (χ0n) is 22.0. The van der Waals surface area contributed by atoms with E-state index in [1.165, 1.54) is 0 Å². The van der Waals surface area contributed by atoms with Crippen molar-refractivity contribution in [2.24, 2.45) is 0 Å². The van der Waals surface area contributed by atoms with Crippen LogP contribution in [0.15, 0.2) is 83.3 Å². The predicted octanol–water partition coefficient (Wildman–Crippen LogP) is 4.94. The van der Waals surface area contributed by atoms with Gasteiger partial charge in [0.2, 0.25) is 11.8 Å². The van der Waals surface area contributed by atoms with Crippen molar-refractivity contribution in [1.82, 2.24) is 25.4 Å². The third-order valence-electron chi connectivity index (χ3n) is 7.01. The van der Waals surface area contributed by atoms with E-state index in [4.69, 9.17) is 18.9 Å². The summed E-state index contributed by atoms with van der Waals surface area (Å²) in [6.07, 6.45) is 0. The average Bonchev–Trinajstić information content (AvgIpc) is 3.55. The quantitative estimate of drug-likeness (QED) is 0.291. The van der Waals surface area contributed by atoms with E-state index < -0.39 is 17.5 Å². The van der Waals surface area contributed by atoms with Crippen molar-refractivity contribution in [3.05, 3.63) is 90.3 Å². The molecule has 1 aliphatic heterocycles. The van der Waals surface area contributed by atoms with Crippen molar-refractivity contribution < 1.29 is 23.5 Å². The average molecular weight is 536 g/mol. The monoisotopic (exact) mass is 535 g/mol. The molecule has 0 radical (unpaired) electrons. The second-order valence-electron chi connectivity index (χ2n) is 9.46. The number of urea groups is 1. The molecule has 10 heteroatoms. The van der Waals surface area contributed by atoms with Gasteiger partial charge in [0.05, 0.1) is 31.0 Å². The summed E-state index contributed by atoms with van der Waals surface area (Å²) in [6.45, 7) is 1.52. The van der Waals surface area contributed by atoms with Crippen molar-refractivity contribution in [3.63, 3.8) is 0 Å². The summed E-state index contributed by atoms with van der Waals surface area (Å²) in [5.41, 5.74) is 2.38. The SMILES string of the molecule is COc1ccc(-c2cc(-c3nnc(CN4C(=O)NC(C)(c5ccccc5)C4=O)o3)c3ccccc3n2)cc1OC. The fourth-order valence-corrected chi connectivity index (χ4v) is 4.87. The van der Waals surface area contributed by atoms with Gasteiger partial charge in [-0.05, 0) is 42.8 Å². The Bertz CT molecular complexity index is 1750. The number of hydrogen-bond acceptors (Lipinski definition) is 8. The number of rotatable bonds is 7. The van der Waals surface area contributed by atoms with E-state index in [0.29, 0.717) is 28.3 Å². The molecule has 40 heavy (non-hydrogen) atoms. The van der Waals surface area contributed by atoms with Gasteiger partial charge in [-0.25, -0.2) is 9.78 Å². The Morgan fingerprint density at radius 2 is 1.65 bits per heavy atom. The maximum atomic E-state index is 13.3. The van der Waals surface area contributed by atoms with Gasteiger partial charge in [0.25, 0.3) is 5.91 Å². The number of methoxy groups -OCH3 is 2. The minimum absolute atomic E-state index is 0.129. The first-order valence-electron chi connectivity index (χ1n) is 12.6. The maximum Gasteiger partial charge on any atom is 0.325 e. The number of nitrogens with zero attached hydrogens (tertiary/aromatic N) is 4. The molecule has 1 N–H and O–H groups in total.